The Morgan fingerprint density at radius 3 is 2.95 bits per heavy atom. The van der Waals surface area contributed by atoms with Crippen LogP contribution >= 0.6 is 15.9 Å². The van der Waals surface area contributed by atoms with Crippen LogP contribution in [0.5, 0.6) is 0 Å². The van der Waals surface area contributed by atoms with E-state index in [-0.39, 0.29) is 17.8 Å². The van der Waals surface area contributed by atoms with Gasteiger partial charge in [-0.25, -0.2) is 4.98 Å². The van der Waals surface area contributed by atoms with E-state index in [2.05, 4.69) is 26.2 Å². The number of carbonyl (C=O) groups excluding carboxylic acids is 2. The van der Waals surface area contributed by atoms with E-state index >= 15 is 0 Å². The van der Waals surface area contributed by atoms with Gasteiger partial charge in [-0.15, -0.1) is 0 Å². The lowest BCUT2D eigenvalue weighted by Gasteiger charge is -2.23. The Morgan fingerprint density at radius 2 is 2.21 bits per heavy atom. The second-order valence-electron chi connectivity index (χ2n) is 4.44. The molecule has 6 nitrogen and oxygen atoms in total. The minimum atomic E-state index is -0.483. The molecule has 0 aliphatic carbocycles. The molecule has 2 heterocycles. The molecule has 0 bridgehead atoms. The number of imidazole rings is 1. The fourth-order valence-electron chi connectivity index (χ4n) is 2.35. The van der Waals surface area contributed by atoms with E-state index in [1.54, 1.807) is 4.57 Å². The Hall–Kier alpha value is -1.89. The van der Waals surface area contributed by atoms with Gasteiger partial charge in [-0.2, -0.15) is 0 Å². The van der Waals surface area contributed by atoms with Crippen molar-refractivity contribution in [2.24, 2.45) is 0 Å². The van der Waals surface area contributed by atoms with Gasteiger partial charge in [0.2, 0.25) is 17.8 Å². The highest BCUT2D eigenvalue weighted by Crippen LogP contribution is 2.29. The molecule has 7 heteroatoms. The lowest BCUT2D eigenvalue weighted by atomic mass is 10.1. The molecule has 0 saturated carbocycles. The maximum Gasteiger partial charge on any atom is 0.249 e. The van der Waals surface area contributed by atoms with Gasteiger partial charge in [0.15, 0.2) is 0 Å². The van der Waals surface area contributed by atoms with Gasteiger partial charge >= 0.3 is 0 Å². The topological polar surface area (TPSA) is 90.0 Å². The number of nitrogen functional groups attached to an aromatic ring is 1. The summed E-state index contributed by atoms with van der Waals surface area (Å²) >= 11 is 3.37. The molecule has 1 saturated heterocycles. The summed E-state index contributed by atoms with van der Waals surface area (Å²) in [5, 5.41) is 2.33. The van der Waals surface area contributed by atoms with Crippen LogP contribution in [0.25, 0.3) is 11.0 Å². The number of halogens is 1. The highest BCUT2D eigenvalue weighted by Gasteiger charge is 2.30. The van der Waals surface area contributed by atoms with Crippen molar-refractivity contribution < 1.29 is 9.59 Å². The summed E-state index contributed by atoms with van der Waals surface area (Å²) in [7, 11) is 0. The molecular weight excluding hydrogens is 312 g/mol. The molecule has 1 atom stereocenters. The fraction of sp³-hybridized carbons (Fsp3) is 0.250. The van der Waals surface area contributed by atoms with Gasteiger partial charge in [-0.3, -0.25) is 19.5 Å². The Balaban J connectivity index is 2.12. The number of aromatic nitrogens is 2. The summed E-state index contributed by atoms with van der Waals surface area (Å²) in [4.78, 5) is 27.4. The van der Waals surface area contributed by atoms with Crippen LogP contribution in [0.2, 0.25) is 0 Å². The summed E-state index contributed by atoms with van der Waals surface area (Å²) in [5.74, 6) is -0.292. The van der Waals surface area contributed by atoms with Gasteiger partial charge in [0.25, 0.3) is 0 Å². The molecule has 19 heavy (non-hydrogen) atoms. The summed E-state index contributed by atoms with van der Waals surface area (Å²) in [6.45, 7) is 0. The highest BCUT2D eigenvalue weighted by molar-refractivity contribution is 9.10. The molecule has 3 N–H and O–H groups in total. The maximum atomic E-state index is 11.9. The third-order valence-electron chi connectivity index (χ3n) is 3.20. The van der Waals surface area contributed by atoms with E-state index in [1.165, 1.54) is 0 Å². The van der Waals surface area contributed by atoms with Crippen molar-refractivity contribution in [2.45, 2.75) is 18.9 Å². The highest BCUT2D eigenvalue weighted by atomic mass is 79.9. The van der Waals surface area contributed by atoms with Crippen molar-refractivity contribution in [1.29, 1.82) is 0 Å². The lowest BCUT2D eigenvalue weighted by Crippen LogP contribution is -2.41. The lowest BCUT2D eigenvalue weighted by molar-refractivity contribution is -0.135. The van der Waals surface area contributed by atoms with Crippen molar-refractivity contribution in [1.82, 2.24) is 14.9 Å². The van der Waals surface area contributed by atoms with E-state index in [0.29, 0.717) is 12.8 Å². The second kappa shape index (κ2) is 4.34. The number of nitrogens with zero attached hydrogens (tertiary/aromatic N) is 2. The summed E-state index contributed by atoms with van der Waals surface area (Å²) in [6.07, 6.45) is 0.752. The number of anilines is 1. The standard InChI is InChI=1S/C12H11BrN4O2/c13-6-1-2-8-7(5-6)15-12(14)17(8)9-3-4-10(18)16-11(9)19/h1-2,5,9H,3-4H2,(H2,14,15)(H,16,18,19). The number of hydrogen-bond donors (Lipinski definition) is 2. The molecule has 1 unspecified atom stereocenters. The molecule has 1 aliphatic rings. The Bertz CT molecular complexity index is 694. The normalized spacial score (nSPS) is 19.7. The van der Waals surface area contributed by atoms with Gasteiger partial charge in [-0.1, -0.05) is 15.9 Å². The van der Waals surface area contributed by atoms with E-state index in [1.807, 2.05) is 18.2 Å². The first kappa shape index (κ1) is 12.2. The van der Waals surface area contributed by atoms with Crippen LogP contribution in [0.4, 0.5) is 5.95 Å². The van der Waals surface area contributed by atoms with Crippen LogP contribution in [0, 0.1) is 0 Å². The number of amides is 2. The molecular formula is C12H11BrN4O2. The number of piperidine rings is 1. The molecule has 0 spiro atoms. The van der Waals surface area contributed by atoms with Crippen molar-refractivity contribution in [3.63, 3.8) is 0 Å². The zero-order valence-corrected chi connectivity index (χ0v) is 11.5. The van der Waals surface area contributed by atoms with Crippen LogP contribution in [0.3, 0.4) is 0 Å². The van der Waals surface area contributed by atoms with E-state index in [0.717, 1.165) is 15.5 Å². The molecule has 1 aliphatic heterocycles. The number of imide groups is 1. The zero-order valence-electron chi connectivity index (χ0n) is 9.89. The summed E-state index contributed by atoms with van der Waals surface area (Å²) in [5.41, 5.74) is 7.41. The first-order valence-electron chi connectivity index (χ1n) is 5.83. The SMILES string of the molecule is Nc1nc2cc(Br)ccc2n1C1CCC(=O)NC1=O. The molecule has 98 valence electrons. The molecule has 2 amide bonds. The number of rotatable bonds is 1. The first-order valence-corrected chi connectivity index (χ1v) is 6.62. The summed E-state index contributed by atoms with van der Waals surface area (Å²) < 4.78 is 2.58. The minimum Gasteiger partial charge on any atom is -0.369 e. The van der Waals surface area contributed by atoms with Crippen LogP contribution in [0.15, 0.2) is 22.7 Å². The van der Waals surface area contributed by atoms with Gasteiger partial charge in [-0.05, 0) is 24.6 Å². The van der Waals surface area contributed by atoms with Crippen molar-refractivity contribution in [2.75, 3.05) is 5.73 Å². The third-order valence-corrected chi connectivity index (χ3v) is 3.69. The predicted octanol–water partition coefficient (Wildman–Crippen LogP) is 1.36. The molecule has 3 rings (SSSR count). The van der Waals surface area contributed by atoms with E-state index in [9.17, 15) is 9.59 Å². The van der Waals surface area contributed by atoms with Crippen molar-refractivity contribution in [3.05, 3.63) is 22.7 Å². The minimum absolute atomic E-state index is 0.244. The second-order valence-corrected chi connectivity index (χ2v) is 5.36. The van der Waals surface area contributed by atoms with E-state index in [4.69, 9.17) is 5.73 Å². The zero-order chi connectivity index (χ0) is 13.6. The molecule has 1 aromatic heterocycles. The number of fused-ring (bicyclic) bond motifs is 1. The number of carbonyl (C=O) groups is 2. The van der Waals surface area contributed by atoms with Gasteiger partial charge in [0.05, 0.1) is 11.0 Å². The van der Waals surface area contributed by atoms with Gasteiger partial charge in [0, 0.05) is 10.9 Å². The molecule has 0 radical (unpaired) electrons. The summed E-state index contributed by atoms with van der Waals surface area (Å²) in [6, 6.07) is 5.08. The average Bonchev–Trinajstić information content (AvgIpc) is 2.65. The largest absolute Gasteiger partial charge is 0.369 e. The van der Waals surface area contributed by atoms with Crippen LogP contribution < -0.4 is 11.1 Å². The number of hydrogen-bond acceptors (Lipinski definition) is 4. The number of benzene rings is 1. The molecule has 1 fully saturated rings. The van der Waals surface area contributed by atoms with Crippen molar-refractivity contribution >= 4 is 44.7 Å². The monoisotopic (exact) mass is 322 g/mol. The Morgan fingerprint density at radius 1 is 1.42 bits per heavy atom. The molecule has 2 aromatic rings. The molecule has 1 aromatic carbocycles. The first-order chi connectivity index (χ1) is 9.06. The Labute approximate surface area is 117 Å². The Kier molecular flexibility index (Phi) is 2.78. The average molecular weight is 323 g/mol. The van der Waals surface area contributed by atoms with Gasteiger partial charge in [0.1, 0.15) is 6.04 Å². The van der Waals surface area contributed by atoms with Crippen molar-refractivity contribution in [3.8, 4) is 0 Å². The predicted molar refractivity (Wildman–Crippen MR) is 73.3 cm³/mol. The number of nitrogens with two attached hydrogens (primary N) is 1. The van der Waals surface area contributed by atoms with Crippen LogP contribution in [0.1, 0.15) is 18.9 Å². The fourth-order valence-corrected chi connectivity index (χ4v) is 2.70. The third kappa shape index (κ3) is 1.99. The van der Waals surface area contributed by atoms with Crippen LogP contribution in [-0.2, 0) is 9.59 Å². The smallest absolute Gasteiger partial charge is 0.249 e. The maximum absolute atomic E-state index is 11.9. The van der Waals surface area contributed by atoms with Gasteiger partial charge < -0.3 is 5.73 Å². The van der Waals surface area contributed by atoms with E-state index < -0.39 is 6.04 Å². The quantitative estimate of drug-likeness (QED) is 0.776. The number of nitrogens with one attached hydrogen (secondary N) is 1. The van der Waals surface area contributed by atoms with Crippen LogP contribution in [-0.4, -0.2) is 21.4 Å².